The Morgan fingerprint density at radius 1 is 1.60 bits per heavy atom. The monoisotopic (exact) mass is 208 g/mol. The molecule has 1 unspecified atom stereocenters. The Hall–Kier alpha value is -1.29. The normalized spacial score (nSPS) is 20.5. The summed E-state index contributed by atoms with van der Waals surface area (Å²) in [7, 11) is 1.91. The molecule has 0 spiro atoms. The molecule has 82 valence electrons. The van der Waals surface area contributed by atoms with Crippen LogP contribution in [0.2, 0.25) is 0 Å². The highest BCUT2D eigenvalue weighted by atomic mass is 16.5. The molecule has 2 heterocycles. The van der Waals surface area contributed by atoms with Crippen LogP contribution in [0.1, 0.15) is 12.1 Å². The lowest BCUT2D eigenvalue weighted by Gasteiger charge is -2.15. The number of rotatable bonds is 2. The fraction of sp³-hybridized carbons (Fsp3) is 0.545. The molecular formula is C11H16N2O2. The molecule has 0 bridgehead atoms. The topological polar surface area (TPSA) is 43.3 Å². The first-order chi connectivity index (χ1) is 7.18. The third-order valence-corrected chi connectivity index (χ3v) is 2.83. The van der Waals surface area contributed by atoms with Crippen molar-refractivity contribution in [2.24, 2.45) is 7.05 Å². The number of aromatic nitrogens is 1. The van der Waals surface area contributed by atoms with Crippen LogP contribution in [0.5, 0.6) is 5.75 Å². The second-order valence-corrected chi connectivity index (χ2v) is 3.94. The fourth-order valence-electron chi connectivity index (χ4n) is 1.74. The van der Waals surface area contributed by atoms with Crippen LogP contribution in [0.15, 0.2) is 17.1 Å². The number of aryl methyl sites for hydroxylation is 1. The first-order valence-corrected chi connectivity index (χ1v) is 5.22. The van der Waals surface area contributed by atoms with Gasteiger partial charge >= 0.3 is 0 Å². The van der Waals surface area contributed by atoms with E-state index >= 15 is 0 Å². The van der Waals surface area contributed by atoms with Crippen LogP contribution in [0.4, 0.5) is 0 Å². The first-order valence-electron chi connectivity index (χ1n) is 5.22. The summed E-state index contributed by atoms with van der Waals surface area (Å²) in [6, 6.07) is 1.55. The van der Waals surface area contributed by atoms with E-state index in [1.54, 1.807) is 12.3 Å². The maximum atomic E-state index is 11.6. The van der Waals surface area contributed by atoms with Crippen LogP contribution in [-0.4, -0.2) is 23.8 Å². The zero-order chi connectivity index (χ0) is 10.8. The number of nitrogens with zero attached hydrogens (tertiary/aromatic N) is 1. The lowest BCUT2D eigenvalue weighted by molar-refractivity contribution is 0.217. The number of ether oxygens (including phenoxy) is 1. The standard InChI is InChI=1S/C11H16N2O2/c1-8-11(10(14)4-6-13(8)2)15-9-3-5-12-7-9/h4,6,9,12H,3,5,7H2,1-2H3. The summed E-state index contributed by atoms with van der Waals surface area (Å²) in [5, 5.41) is 3.21. The Morgan fingerprint density at radius 3 is 3.07 bits per heavy atom. The van der Waals surface area contributed by atoms with Crippen LogP contribution in [0, 0.1) is 6.92 Å². The molecule has 1 atom stereocenters. The maximum absolute atomic E-state index is 11.6. The van der Waals surface area contributed by atoms with Crippen molar-refractivity contribution in [3.05, 3.63) is 28.2 Å². The molecule has 15 heavy (non-hydrogen) atoms. The van der Waals surface area contributed by atoms with Gasteiger partial charge < -0.3 is 14.6 Å². The van der Waals surface area contributed by atoms with E-state index in [2.05, 4.69) is 5.32 Å². The van der Waals surface area contributed by atoms with E-state index in [4.69, 9.17) is 4.74 Å². The largest absolute Gasteiger partial charge is 0.483 e. The maximum Gasteiger partial charge on any atom is 0.223 e. The summed E-state index contributed by atoms with van der Waals surface area (Å²) < 4.78 is 7.62. The molecule has 0 saturated carbocycles. The number of hydrogen-bond acceptors (Lipinski definition) is 3. The van der Waals surface area contributed by atoms with Crippen molar-refractivity contribution in [2.45, 2.75) is 19.4 Å². The van der Waals surface area contributed by atoms with Gasteiger partial charge in [-0.3, -0.25) is 4.79 Å². The molecule has 0 amide bonds. The molecule has 1 N–H and O–H groups in total. The minimum absolute atomic E-state index is 0.0301. The van der Waals surface area contributed by atoms with Gasteiger partial charge in [0.15, 0.2) is 5.75 Å². The van der Waals surface area contributed by atoms with Crippen LogP contribution in [0.25, 0.3) is 0 Å². The molecule has 1 aromatic heterocycles. The van der Waals surface area contributed by atoms with Crippen molar-refractivity contribution in [3.8, 4) is 5.75 Å². The van der Waals surface area contributed by atoms with E-state index in [1.807, 2.05) is 18.5 Å². The number of nitrogens with one attached hydrogen (secondary N) is 1. The van der Waals surface area contributed by atoms with Gasteiger partial charge in [-0.25, -0.2) is 0 Å². The first kappa shape index (κ1) is 10.2. The van der Waals surface area contributed by atoms with E-state index in [0.29, 0.717) is 5.75 Å². The molecule has 1 aliphatic heterocycles. The minimum atomic E-state index is -0.0301. The third-order valence-electron chi connectivity index (χ3n) is 2.83. The van der Waals surface area contributed by atoms with Gasteiger partial charge in [-0.2, -0.15) is 0 Å². The SMILES string of the molecule is Cc1c(OC2CCNC2)c(=O)ccn1C. The van der Waals surface area contributed by atoms with Crippen molar-refractivity contribution >= 4 is 0 Å². The van der Waals surface area contributed by atoms with Crippen LogP contribution in [0.3, 0.4) is 0 Å². The lowest BCUT2D eigenvalue weighted by atomic mass is 10.3. The molecule has 1 aliphatic rings. The molecule has 0 aliphatic carbocycles. The average Bonchev–Trinajstić information content (AvgIpc) is 2.71. The quantitative estimate of drug-likeness (QED) is 0.766. The van der Waals surface area contributed by atoms with E-state index in [9.17, 15) is 4.79 Å². The minimum Gasteiger partial charge on any atom is -0.483 e. The van der Waals surface area contributed by atoms with E-state index in [-0.39, 0.29) is 11.5 Å². The summed E-state index contributed by atoms with van der Waals surface area (Å²) >= 11 is 0. The van der Waals surface area contributed by atoms with Crippen molar-refractivity contribution in [2.75, 3.05) is 13.1 Å². The van der Waals surface area contributed by atoms with E-state index < -0.39 is 0 Å². The predicted octanol–water partition coefficient (Wildman–Crippen LogP) is 0.434. The summed E-state index contributed by atoms with van der Waals surface area (Å²) in [5.41, 5.74) is 0.854. The van der Waals surface area contributed by atoms with E-state index in [0.717, 1.165) is 25.2 Å². The van der Waals surface area contributed by atoms with Crippen molar-refractivity contribution in [1.29, 1.82) is 0 Å². The molecule has 1 fully saturated rings. The van der Waals surface area contributed by atoms with Gasteiger partial charge in [-0.15, -0.1) is 0 Å². The van der Waals surface area contributed by atoms with Crippen molar-refractivity contribution in [3.63, 3.8) is 0 Å². The van der Waals surface area contributed by atoms with Crippen LogP contribution in [-0.2, 0) is 7.05 Å². The average molecular weight is 208 g/mol. The van der Waals surface area contributed by atoms with Gasteiger partial charge in [0.2, 0.25) is 5.43 Å². The number of pyridine rings is 1. The highest BCUT2D eigenvalue weighted by Crippen LogP contribution is 2.14. The summed E-state index contributed by atoms with van der Waals surface area (Å²) in [4.78, 5) is 11.6. The Kier molecular flexibility index (Phi) is 2.77. The molecule has 2 rings (SSSR count). The smallest absolute Gasteiger partial charge is 0.223 e. The summed E-state index contributed by atoms with van der Waals surface area (Å²) in [5.74, 6) is 0.494. The number of hydrogen-bond donors (Lipinski definition) is 1. The highest BCUT2D eigenvalue weighted by molar-refractivity contribution is 5.27. The summed E-state index contributed by atoms with van der Waals surface area (Å²) in [6.45, 7) is 3.70. The van der Waals surface area contributed by atoms with Gasteiger partial charge in [-0.05, 0) is 19.9 Å². The predicted molar refractivity (Wildman–Crippen MR) is 58.3 cm³/mol. The van der Waals surface area contributed by atoms with Crippen LogP contribution < -0.4 is 15.5 Å². The van der Waals surface area contributed by atoms with Gasteiger partial charge in [0.25, 0.3) is 0 Å². The highest BCUT2D eigenvalue weighted by Gasteiger charge is 2.18. The Bertz CT molecular complexity index is 406. The second-order valence-electron chi connectivity index (χ2n) is 3.94. The lowest BCUT2D eigenvalue weighted by Crippen LogP contribution is -2.24. The summed E-state index contributed by atoms with van der Waals surface area (Å²) in [6.07, 6.45) is 2.87. The van der Waals surface area contributed by atoms with Gasteiger partial charge in [0.1, 0.15) is 6.10 Å². The van der Waals surface area contributed by atoms with Crippen molar-refractivity contribution in [1.82, 2.24) is 9.88 Å². The van der Waals surface area contributed by atoms with E-state index in [1.165, 1.54) is 0 Å². The van der Waals surface area contributed by atoms with Crippen molar-refractivity contribution < 1.29 is 4.74 Å². The van der Waals surface area contributed by atoms with Gasteiger partial charge in [0.05, 0.1) is 5.69 Å². The molecule has 4 nitrogen and oxygen atoms in total. The molecule has 1 aromatic rings. The zero-order valence-corrected chi connectivity index (χ0v) is 9.12. The Labute approximate surface area is 88.9 Å². The second kappa shape index (κ2) is 4.06. The molecule has 1 saturated heterocycles. The molecular weight excluding hydrogens is 192 g/mol. The molecule has 0 radical (unpaired) electrons. The van der Waals surface area contributed by atoms with Crippen LogP contribution >= 0.6 is 0 Å². The van der Waals surface area contributed by atoms with Gasteiger partial charge in [-0.1, -0.05) is 0 Å². The molecule has 0 aromatic carbocycles. The zero-order valence-electron chi connectivity index (χ0n) is 9.12. The molecule has 4 heteroatoms. The Balaban J connectivity index is 2.26. The Morgan fingerprint density at radius 2 is 2.40 bits per heavy atom. The third kappa shape index (κ3) is 2.04. The fourth-order valence-corrected chi connectivity index (χ4v) is 1.74. The van der Waals surface area contributed by atoms with Gasteiger partial charge in [0, 0.05) is 25.9 Å².